The number of halogens is 1. The molecule has 122 valence electrons. The van der Waals surface area contributed by atoms with Crippen LogP contribution in [0.3, 0.4) is 0 Å². The van der Waals surface area contributed by atoms with E-state index in [0.29, 0.717) is 26.2 Å². The molecule has 7 heteroatoms. The van der Waals surface area contributed by atoms with Gasteiger partial charge in [0, 0.05) is 33.2 Å². The molecule has 1 aliphatic rings. The summed E-state index contributed by atoms with van der Waals surface area (Å²) in [6, 6.07) is -0.443. The van der Waals surface area contributed by atoms with Crippen molar-refractivity contribution < 1.29 is 14.7 Å². The number of allylic oxidation sites excluding steroid dienone is 1. The summed E-state index contributed by atoms with van der Waals surface area (Å²) in [6.45, 7) is 6.00. The Bertz CT molecular complexity index is 352. The first-order valence-electron chi connectivity index (χ1n) is 7.08. The molecule has 0 spiro atoms. The van der Waals surface area contributed by atoms with Gasteiger partial charge in [-0.15, -0.1) is 19.0 Å². The van der Waals surface area contributed by atoms with Gasteiger partial charge in [0.25, 0.3) is 0 Å². The van der Waals surface area contributed by atoms with Gasteiger partial charge in [0.05, 0.1) is 19.1 Å². The molecule has 0 saturated carbocycles. The number of carbonyl (C=O) groups is 2. The van der Waals surface area contributed by atoms with Gasteiger partial charge in [-0.25, -0.2) is 0 Å². The summed E-state index contributed by atoms with van der Waals surface area (Å²) in [6.07, 6.45) is 3.78. The molecule has 0 aromatic carbocycles. The van der Waals surface area contributed by atoms with Crippen LogP contribution in [0, 0.1) is 0 Å². The minimum Gasteiger partial charge on any atom is -0.395 e. The quantitative estimate of drug-likeness (QED) is 0.488. The highest BCUT2D eigenvalue weighted by molar-refractivity contribution is 5.88. The molecule has 1 heterocycles. The summed E-state index contributed by atoms with van der Waals surface area (Å²) in [5.74, 6) is -0.135. The molecule has 1 atom stereocenters. The number of rotatable bonds is 8. The zero-order chi connectivity index (χ0) is 15.0. The molecule has 1 fully saturated rings. The number of amides is 2. The van der Waals surface area contributed by atoms with Crippen LogP contribution in [0.5, 0.6) is 0 Å². The van der Waals surface area contributed by atoms with Gasteiger partial charge in [-0.2, -0.15) is 0 Å². The molecule has 1 saturated heterocycles. The van der Waals surface area contributed by atoms with Crippen molar-refractivity contribution in [2.75, 3.05) is 39.8 Å². The van der Waals surface area contributed by atoms with Crippen LogP contribution >= 0.6 is 12.4 Å². The maximum atomic E-state index is 12.3. The van der Waals surface area contributed by atoms with Crippen molar-refractivity contribution in [2.24, 2.45) is 0 Å². The fraction of sp³-hybridized carbons (Fsp3) is 0.714. The van der Waals surface area contributed by atoms with Gasteiger partial charge in [-0.05, 0) is 12.8 Å². The van der Waals surface area contributed by atoms with Crippen LogP contribution in [0.25, 0.3) is 0 Å². The Morgan fingerprint density at radius 3 is 2.95 bits per heavy atom. The average molecular weight is 320 g/mol. The Labute approximate surface area is 132 Å². The Hall–Kier alpha value is -1.11. The first kappa shape index (κ1) is 19.9. The van der Waals surface area contributed by atoms with Gasteiger partial charge in [-0.3, -0.25) is 9.59 Å². The van der Waals surface area contributed by atoms with E-state index >= 15 is 0 Å². The van der Waals surface area contributed by atoms with Crippen LogP contribution < -0.4 is 5.32 Å². The highest BCUT2D eigenvalue weighted by atomic mass is 35.5. The van der Waals surface area contributed by atoms with E-state index in [0.717, 1.165) is 12.8 Å². The Kier molecular flexibility index (Phi) is 10.0. The van der Waals surface area contributed by atoms with Gasteiger partial charge in [0.1, 0.15) is 0 Å². The number of nitrogens with one attached hydrogen (secondary N) is 1. The standard InChI is InChI=1S/C14H25N3O3.ClH/c1-3-4-5-7-17-8-6-15-12(14(17)20)11-13(19)16(2)9-10-18;/h3,12,15,18H,1,4-11H2,2H3;1H. The molecule has 0 aromatic rings. The smallest absolute Gasteiger partial charge is 0.240 e. The van der Waals surface area contributed by atoms with E-state index in [9.17, 15) is 9.59 Å². The molecule has 1 rings (SSSR count). The number of aliphatic hydroxyl groups excluding tert-OH is 1. The summed E-state index contributed by atoms with van der Waals surface area (Å²) in [4.78, 5) is 27.4. The number of hydrogen-bond acceptors (Lipinski definition) is 4. The van der Waals surface area contributed by atoms with E-state index in [2.05, 4.69) is 11.9 Å². The van der Waals surface area contributed by atoms with E-state index in [1.165, 1.54) is 4.90 Å². The number of likely N-dealkylation sites (N-methyl/N-ethyl adjacent to an activating group) is 1. The summed E-state index contributed by atoms with van der Waals surface area (Å²) in [5, 5.41) is 11.9. The van der Waals surface area contributed by atoms with Gasteiger partial charge in [0.15, 0.2) is 0 Å². The lowest BCUT2D eigenvalue weighted by atomic mass is 10.1. The van der Waals surface area contributed by atoms with Crippen molar-refractivity contribution in [3.05, 3.63) is 12.7 Å². The summed E-state index contributed by atoms with van der Waals surface area (Å²) in [5.41, 5.74) is 0. The SMILES string of the molecule is C=CCCCN1CCNC(CC(=O)N(C)CCO)C1=O.Cl. The topological polar surface area (TPSA) is 72.9 Å². The maximum Gasteiger partial charge on any atom is 0.240 e. The first-order chi connectivity index (χ1) is 9.60. The molecule has 2 amide bonds. The van der Waals surface area contributed by atoms with Gasteiger partial charge in [-0.1, -0.05) is 6.08 Å². The second-order valence-corrected chi connectivity index (χ2v) is 5.01. The molecule has 1 unspecified atom stereocenters. The van der Waals surface area contributed by atoms with E-state index in [4.69, 9.17) is 5.11 Å². The monoisotopic (exact) mass is 319 g/mol. The van der Waals surface area contributed by atoms with Gasteiger partial charge < -0.3 is 20.2 Å². The van der Waals surface area contributed by atoms with Crippen LogP contribution in [0.1, 0.15) is 19.3 Å². The molecule has 0 bridgehead atoms. The third kappa shape index (κ3) is 6.46. The molecular formula is C14H26ClN3O3. The molecule has 6 nitrogen and oxygen atoms in total. The lowest BCUT2D eigenvalue weighted by Gasteiger charge is -2.33. The summed E-state index contributed by atoms with van der Waals surface area (Å²) >= 11 is 0. The second kappa shape index (κ2) is 10.6. The van der Waals surface area contributed by atoms with Crippen molar-refractivity contribution >= 4 is 24.2 Å². The summed E-state index contributed by atoms with van der Waals surface area (Å²) < 4.78 is 0. The maximum absolute atomic E-state index is 12.3. The van der Waals surface area contributed by atoms with Crippen LogP contribution in [0.15, 0.2) is 12.7 Å². The van der Waals surface area contributed by atoms with Crippen molar-refractivity contribution in [1.82, 2.24) is 15.1 Å². The van der Waals surface area contributed by atoms with E-state index in [-0.39, 0.29) is 37.2 Å². The van der Waals surface area contributed by atoms with Crippen LogP contribution in [-0.4, -0.2) is 72.6 Å². The number of carbonyl (C=O) groups excluding carboxylic acids is 2. The number of piperazine rings is 1. The zero-order valence-electron chi connectivity index (χ0n) is 12.6. The third-order valence-corrected chi connectivity index (χ3v) is 3.46. The predicted molar refractivity (Wildman–Crippen MR) is 84.4 cm³/mol. The normalized spacial score (nSPS) is 18.1. The minimum absolute atomic E-state index is 0. The van der Waals surface area contributed by atoms with E-state index in [1.54, 1.807) is 7.05 Å². The fourth-order valence-corrected chi connectivity index (χ4v) is 2.20. The molecule has 0 radical (unpaired) electrons. The van der Waals surface area contributed by atoms with Crippen molar-refractivity contribution in [3.8, 4) is 0 Å². The third-order valence-electron chi connectivity index (χ3n) is 3.46. The first-order valence-corrected chi connectivity index (χ1v) is 7.08. The number of aliphatic hydroxyl groups is 1. The van der Waals surface area contributed by atoms with Crippen LogP contribution in [-0.2, 0) is 9.59 Å². The molecular weight excluding hydrogens is 294 g/mol. The van der Waals surface area contributed by atoms with E-state index < -0.39 is 6.04 Å². The van der Waals surface area contributed by atoms with Crippen LogP contribution in [0.4, 0.5) is 0 Å². The fourth-order valence-electron chi connectivity index (χ4n) is 2.20. The molecule has 2 N–H and O–H groups in total. The average Bonchev–Trinajstić information content (AvgIpc) is 2.43. The summed E-state index contributed by atoms with van der Waals surface area (Å²) in [7, 11) is 1.63. The van der Waals surface area contributed by atoms with Crippen LogP contribution in [0.2, 0.25) is 0 Å². The van der Waals surface area contributed by atoms with Gasteiger partial charge >= 0.3 is 0 Å². The van der Waals surface area contributed by atoms with E-state index in [1.807, 2.05) is 11.0 Å². The molecule has 1 aliphatic heterocycles. The Morgan fingerprint density at radius 1 is 1.62 bits per heavy atom. The van der Waals surface area contributed by atoms with Crippen molar-refractivity contribution in [1.29, 1.82) is 0 Å². The molecule has 0 aliphatic carbocycles. The lowest BCUT2D eigenvalue weighted by molar-refractivity contribution is -0.140. The number of unbranched alkanes of at least 4 members (excludes halogenated alkanes) is 1. The second-order valence-electron chi connectivity index (χ2n) is 5.01. The number of hydrogen-bond donors (Lipinski definition) is 2. The van der Waals surface area contributed by atoms with Gasteiger partial charge in [0.2, 0.25) is 11.8 Å². The minimum atomic E-state index is -0.443. The van der Waals surface area contributed by atoms with Crippen molar-refractivity contribution in [2.45, 2.75) is 25.3 Å². The predicted octanol–water partition coefficient (Wildman–Crippen LogP) is 0.0156. The Balaban J connectivity index is 0.00000400. The Morgan fingerprint density at radius 2 is 2.33 bits per heavy atom. The largest absolute Gasteiger partial charge is 0.395 e. The highest BCUT2D eigenvalue weighted by Gasteiger charge is 2.30. The molecule has 21 heavy (non-hydrogen) atoms. The number of nitrogens with zero attached hydrogens (tertiary/aromatic N) is 2. The van der Waals surface area contributed by atoms with Crippen molar-refractivity contribution in [3.63, 3.8) is 0 Å². The highest BCUT2D eigenvalue weighted by Crippen LogP contribution is 2.08. The lowest BCUT2D eigenvalue weighted by Crippen LogP contribution is -2.56. The zero-order valence-corrected chi connectivity index (χ0v) is 13.4. The molecule has 0 aromatic heterocycles.